The summed E-state index contributed by atoms with van der Waals surface area (Å²) in [6.07, 6.45) is 1.67. The van der Waals surface area contributed by atoms with Crippen molar-refractivity contribution in [1.82, 2.24) is 10.2 Å². The zero-order valence-corrected chi connectivity index (χ0v) is 19.6. The minimum absolute atomic E-state index is 0.0180. The molecular weight excluding hydrogens is 408 g/mol. The molecule has 1 heterocycles. The molecule has 2 atom stereocenters. The van der Waals surface area contributed by atoms with Crippen LogP contribution in [0.1, 0.15) is 36.1 Å². The topological polar surface area (TPSA) is 69.3 Å². The summed E-state index contributed by atoms with van der Waals surface area (Å²) in [6.45, 7) is 3.74. The average Bonchev–Trinajstić information content (AvgIpc) is 2.82. The van der Waals surface area contributed by atoms with E-state index in [9.17, 15) is 4.79 Å². The van der Waals surface area contributed by atoms with Crippen LogP contribution in [0.15, 0.2) is 36.4 Å². The van der Waals surface area contributed by atoms with E-state index in [1.807, 2.05) is 12.1 Å². The first-order chi connectivity index (χ1) is 15.5. The zero-order chi connectivity index (χ0) is 23.1. The molecule has 0 saturated carbocycles. The summed E-state index contributed by atoms with van der Waals surface area (Å²) in [5.41, 5.74) is 3.53. The lowest BCUT2D eigenvalue weighted by Crippen LogP contribution is -2.49. The molecule has 0 bridgehead atoms. The number of rotatable bonds is 10. The zero-order valence-electron chi connectivity index (χ0n) is 19.6. The molecule has 1 aliphatic heterocycles. The van der Waals surface area contributed by atoms with E-state index in [2.05, 4.69) is 41.4 Å². The van der Waals surface area contributed by atoms with Crippen molar-refractivity contribution in [3.63, 3.8) is 0 Å². The summed E-state index contributed by atoms with van der Waals surface area (Å²) in [4.78, 5) is 14.8. The third kappa shape index (κ3) is 5.34. The molecule has 2 aromatic carbocycles. The summed E-state index contributed by atoms with van der Waals surface area (Å²) < 4.78 is 21.6. The second kappa shape index (κ2) is 11.2. The Morgan fingerprint density at radius 1 is 1.09 bits per heavy atom. The highest BCUT2D eigenvalue weighted by atomic mass is 16.5. The van der Waals surface area contributed by atoms with Crippen LogP contribution in [0.25, 0.3) is 0 Å². The molecule has 7 heteroatoms. The summed E-state index contributed by atoms with van der Waals surface area (Å²) in [5, 5.41) is 3.18. The van der Waals surface area contributed by atoms with Crippen LogP contribution >= 0.6 is 0 Å². The van der Waals surface area contributed by atoms with Gasteiger partial charge in [0.2, 0.25) is 5.91 Å². The van der Waals surface area contributed by atoms with Crippen LogP contribution in [0.4, 0.5) is 0 Å². The molecule has 3 rings (SSSR count). The fourth-order valence-corrected chi connectivity index (χ4v) is 4.47. The number of hydrogen-bond acceptors (Lipinski definition) is 6. The van der Waals surface area contributed by atoms with Gasteiger partial charge in [0.25, 0.3) is 0 Å². The SMILES string of the molecule is CCC(NC(=O)COC)C1c2cc(OC)c(OC)cc2CCN1Cc1cccc(OC)c1. The van der Waals surface area contributed by atoms with E-state index in [-0.39, 0.29) is 24.6 Å². The number of carbonyl (C=O) groups is 1. The van der Waals surface area contributed by atoms with Crippen molar-refractivity contribution in [2.45, 2.75) is 38.4 Å². The van der Waals surface area contributed by atoms with Crippen molar-refractivity contribution >= 4 is 5.91 Å². The van der Waals surface area contributed by atoms with Gasteiger partial charge >= 0.3 is 0 Å². The van der Waals surface area contributed by atoms with Gasteiger partial charge in [0.05, 0.1) is 27.4 Å². The van der Waals surface area contributed by atoms with Crippen molar-refractivity contribution < 1.29 is 23.7 Å². The molecule has 0 spiro atoms. The van der Waals surface area contributed by atoms with E-state index in [0.717, 1.165) is 48.6 Å². The third-order valence-corrected chi connectivity index (χ3v) is 5.99. The molecule has 0 fully saturated rings. The lowest BCUT2D eigenvalue weighted by Gasteiger charge is -2.42. The predicted octanol–water partition coefficient (Wildman–Crippen LogP) is 3.35. The molecule has 0 aromatic heterocycles. The minimum Gasteiger partial charge on any atom is -0.497 e. The Morgan fingerprint density at radius 3 is 2.50 bits per heavy atom. The number of amides is 1. The number of methoxy groups -OCH3 is 4. The van der Waals surface area contributed by atoms with Gasteiger partial charge in [0, 0.05) is 26.2 Å². The Hall–Kier alpha value is -2.77. The second-order valence-corrected chi connectivity index (χ2v) is 7.94. The van der Waals surface area contributed by atoms with Crippen LogP contribution in [-0.4, -0.2) is 58.4 Å². The van der Waals surface area contributed by atoms with Crippen LogP contribution in [0.2, 0.25) is 0 Å². The maximum atomic E-state index is 12.4. The largest absolute Gasteiger partial charge is 0.497 e. The summed E-state index contributed by atoms with van der Waals surface area (Å²) in [5.74, 6) is 2.14. The molecule has 32 heavy (non-hydrogen) atoms. The van der Waals surface area contributed by atoms with Crippen molar-refractivity contribution in [3.05, 3.63) is 53.1 Å². The van der Waals surface area contributed by atoms with Gasteiger partial charge in [-0.2, -0.15) is 0 Å². The van der Waals surface area contributed by atoms with E-state index in [1.54, 1.807) is 21.3 Å². The van der Waals surface area contributed by atoms with E-state index in [4.69, 9.17) is 18.9 Å². The number of carbonyl (C=O) groups excluding carboxylic acids is 1. The molecule has 174 valence electrons. The Labute approximate surface area is 190 Å². The Morgan fingerprint density at radius 2 is 1.84 bits per heavy atom. The van der Waals surface area contributed by atoms with E-state index in [1.165, 1.54) is 12.7 Å². The van der Waals surface area contributed by atoms with Crippen molar-refractivity contribution in [1.29, 1.82) is 0 Å². The molecular formula is C25H34N2O5. The van der Waals surface area contributed by atoms with Crippen molar-refractivity contribution in [2.24, 2.45) is 0 Å². The quantitative estimate of drug-likeness (QED) is 0.609. The van der Waals surface area contributed by atoms with Gasteiger partial charge in [0.1, 0.15) is 12.4 Å². The number of ether oxygens (including phenoxy) is 4. The van der Waals surface area contributed by atoms with Gasteiger partial charge < -0.3 is 24.3 Å². The maximum absolute atomic E-state index is 12.4. The molecule has 0 aliphatic carbocycles. The fraction of sp³-hybridized carbons (Fsp3) is 0.480. The Balaban J connectivity index is 2.01. The van der Waals surface area contributed by atoms with Gasteiger partial charge in [-0.1, -0.05) is 19.1 Å². The van der Waals surface area contributed by atoms with Crippen LogP contribution in [0, 0.1) is 0 Å². The van der Waals surface area contributed by atoms with Crippen molar-refractivity contribution in [2.75, 3.05) is 41.6 Å². The molecule has 1 amide bonds. The average molecular weight is 443 g/mol. The molecule has 2 aromatic rings. The van der Waals surface area contributed by atoms with Gasteiger partial charge in [-0.25, -0.2) is 0 Å². The number of nitrogens with zero attached hydrogens (tertiary/aromatic N) is 1. The van der Waals surface area contributed by atoms with Crippen molar-refractivity contribution in [3.8, 4) is 17.2 Å². The Kier molecular flexibility index (Phi) is 8.36. The van der Waals surface area contributed by atoms with E-state index < -0.39 is 0 Å². The van der Waals surface area contributed by atoms with Crippen LogP contribution in [0.3, 0.4) is 0 Å². The standard InChI is InChI=1S/C25H34N2O5/c1-6-21(26-24(28)16-29-2)25-20-14-23(32-5)22(31-4)13-18(20)10-11-27(25)15-17-8-7-9-19(12-17)30-3/h7-9,12-14,21,25H,6,10-11,15-16H2,1-5H3,(H,26,28). The highest BCUT2D eigenvalue weighted by Crippen LogP contribution is 2.40. The number of hydrogen-bond donors (Lipinski definition) is 1. The van der Waals surface area contributed by atoms with Gasteiger partial charge in [-0.15, -0.1) is 0 Å². The minimum atomic E-state index is -0.117. The first-order valence-corrected chi connectivity index (χ1v) is 10.9. The molecule has 0 saturated heterocycles. The third-order valence-electron chi connectivity index (χ3n) is 5.99. The second-order valence-electron chi connectivity index (χ2n) is 7.94. The summed E-state index contributed by atoms with van der Waals surface area (Å²) >= 11 is 0. The normalized spacial score (nSPS) is 16.7. The lowest BCUT2D eigenvalue weighted by molar-refractivity contribution is -0.126. The van der Waals surface area contributed by atoms with E-state index in [0.29, 0.717) is 5.75 Å². The Bertz CT molecular complexity index is 917. The van der Waals surface area contributed by atoms with Crippen LogP contribution < -0.4 is 19.5 Å². The fourth-order valence-electron chi connectivity index (χ4n) is 4.47. The first kappa shape index (κ1) is 23.9. The summed E-state index contributed by atoms with van der Waals surface area (Å²) in [6, 6.07) is 12.1. The lowest BCUT2D eigenvalue weighted by atomic mass is 9.86. The summed E-state index contributed by atoms with van der Waals surface area (Å²) in [7, 11) is 6.51. The molecule has 2 unspecified atom stereocenters. The smallest absolute Gasteiger partial charge is 0.246 e. The van der Waals surface area contributed by atoms with Gasteiger partial charge in [0.15, 0.2) is 11.5 Å². The number of fused-ring (bicyclic) bond motifs is 1. The predicted molar refractivity (Wildman–Crippen MR) is 123 cm³/mol. The highest BCUT2D eigenvalue weighted by molar-refractivity contribution is 5.77. The van der Waals surface area contributed by atoms with E-state index >= 15 is 0 Å². The van der Waals surface area contributed by atoms with Crippen LogP contribution in [-0.2, 0) is 22.5 Å². The monoisotopic (exact) mass is 442 g/mol. The molecule has 1 aliphatic rings. The van der Waals surface area contributed by atoms with Gasteiger partial charge in [-0.05, 0) is 53.8 Å². The number of nitrogens with one attached hydrogen (secondary N) is 1. The number of benzene rings is 2. The highest BCUT2D eigenvalue weighted by Gasteiger charge is 2.35. The molecule has 0 radical (unpaired) electrons. The first-order valence-electron chi connectivity index (χ1n) is 10.9. The molecule has 1 N–H and O–H groups in total. The van der Waals surface area contributed by atoms with Gasteiger partial charge in [-0.3, -0.25) is 9.69 Å². The maximum Gasteiger partial charge on any atom is 0.246 e. The molecule has 7 nitrogen and oxygen atoms in total. The van der Waals surface area contributed by atoms with Crippen LogP contribution in [0.5, 0.6) is 17.2 Å².